The molecule has 0 saturated carbocycles. The second kappa shape index (κ2) is 10.2. The number of halogens is 3. The van der Waals surface area contributed by atoms with Crippen LogP contribution in [0.1, 0.15) is 10.4 Å². The molecule has 7 nitrogen and oxygen atoms in total. The van der Waals surface area contributed by atoms with E-state index >= 15 is 0 Å². The van der Waals surface area contributed by atoms with Gasteiger partial charge in [-0.05, 0) is 46.3 Å². The van der Waals surface area contributed by atoms with E-state index in [-0.39, 0.29) is 39.4 Å². The molecule has 0 atom stereocenters. The highest BCUT2D eigenvalue weighted by atomic mass is 79.9. The van der Waals surface area contributed by atoms with Gasteiger partial charge >= 0.3 is 5.97 Å². The van der Waals surface area contributed by atoms with Crippen molar-refractivity contribution in [1.29, 1.82) is 0 Å². The molecule has 35 heavy (non-hydrogen) atoms. The quantitative estimate of drug-likeness (QED) is 0.184. The van der Waals surface area contributed by atoms with Gasteiger partial charge in [0.2, 0.25) is 11.2 Å². The maximum Gasteiger partial charge on any atom is 0.344 e. The summed E-state index contributed by atoms with van der Waals surface area (Å²) >= 11 is 15.6. The van der Waals surface area contributed by atoms with Crippen LogP contribution in [0.5, 0.6) is 23.0 Å². The van der Waals surface area contributed by atoms with E-state index in [2.05, 4.69) is 15.9 Å². The van der Waals surface area contributed by atoms with Crippen LogP contribution in [0.3, 0.4) is 0 Å². The minimum Gasteiger partial charge on any atom is -0.493 e. The number of ether oxygens (including phenoxy) is 4. The molecule has 0 amide bonds. The Balaban J connectivity index is 1.69. The van der Waals surface area contributed by atoms with Gasteiger partial charge in [-0.25, -0.2) is 4.79 Å². The fourth-order valence-corrected chi connectivity index (χ4v) is 4.63. The summed E-state index contributed by atoms with van der Waals surface area (Å²) in [6.07, 6.45) is 1.31. The van der Waals surface area contributed by atoms with Gasteiger partial charge in [0, 0.05) is 16.7 Å². The van der Waals surface area contributed by atoms with Crippen molar-refractivity contribution in [3.8, 4) is 34.1 Å². The van der Waals surface area contributed by atoms with Crippen molar-refractivity contribution < 1.29 is 28.2 Å². The van der Waals surface area contributed by atoms with Crippen LogP contribution < -0.4 is 24.4 Å². The van der Waals surface area contributed by atoms with Gasteiger partial charge in [0.05, 0.1) is 47.3 Å². The lowest BCUT2D eigenvalue weighted by atomic mass is 10.1. The molecule has 4 rings (SSSR count). The molecule has 0 N–H and O–H groups in total. The third-order valence-electron chi connectivity index (χ3n) is 5.17. The standard InChI is InChI=1S/C25H17BrCl2O7/c1-31-20-10-16(21(26)24(33-3)23(20)32-2)25(30)35-13-5-7-15-19(9-13)34-11-17(22(15)29)14-6-4-12(27)8-18(14)28/h4-11H,1-3H3. The third kappa shape index (κ3) is 4.69. The number of fused-ring (bicyclic) bond motifs is 1. The van der Waals surface area contributed by atoms with E-state index in [4.69, 9.17) is 46.6 Å². The Morgan fingerprint density at radius 3 is 2.31 bits per heavy atom. The van der Waals surface area contributed by atoms with E-state index in [0.29, 0.717) is 31.2 Å². The molecule has 0 spiro atoms. The number of benzene rings is 3. The van der Waals surface area contributed by atoms with Crippen molar-refractivity contribution >= 4 is 56.1 Å². The summed E-state index contributed by atoms with van der Waals surface area (Å²) in [5, 5.41) is 1.07. The molecule has 1 aromatic heterocycles. The molecule has 0 fully saturated rings. The minimum absolute atomic E-state index is 0.147. The first-order chi connectivity index (χ1) is 16.8. The summed E-state index contributed by atoms with van der Waals surface area (Å²) in [6, 6.07) is 10.8. The van der Waals surface area contributed by atoms with Gasteiger partial charge in [0.25, 0.3) is 0 Å². The Bertz CT molecular complexity index is 1510. The maximum absolute atomic E-state index is 13.1. The summed E-state index contributed by atoms with van der Waals surface area (Å²) in [4.78, 5) is 26.0. The molecule has 180 valence electrons. The van der Waals surface area contributed by atoms with E-state index < -0.39 is 5.97 Å². The topological polar surface area (TPSA) is 84.2 Å². The minimum atomic E-state index is -0.692. The number of hydrogen-bond acceptors (Lipinski definition) is 7. The van der Waals surface area contributed by atoms with Crippen LogP contribution in [0.25, 0.3) is 22.1 Å². The monoisotopic (exact) mass is 578 g/mol. The Kier molecular flexibility index (Phi) is 7.25. The van der Waals surface area contributed by atoms with Crippen LogP contribution >= 0.6 is 39.1 Å². The van der Waals surface area contributed by atoms with Crippen LogP contribution in [0, 0.1) is 0 Å². The molecule has 1 heterocycles. The van der Waals surface area contributed by atoms with E-state index in [1.807, 2.05) is 0 Å². The van der Waals surface area contributed by atoms with Gasteiger partial charge in [-0.1, -0.05) is 29.3 Å². The van der Waals surface area contributed by atoms with E-state index in [1.54, 1.807) is 18.2 Å². The van der Waals surface area contributed by atoms with Crippen molar-refractivity contribution in [2.45, 2.75) is 0 Å². The second-order valence-electron chi connectivity index (χ2n) is 7.16. The predicted molar refractivity (Wildman–Crippen MR) is 137 cm³/mol. The summed E-state index contributed by atoms with van der Waals surface area (Å²) in [6.45, 7) is 0. The molecule has 0 unspecified atom stereocenters. The SMILES string of the molecule is COc1cc(C(=O)Oc2ccc3c(=O)c(-c4ccc(Cl)cc4Cl)coc3c2)c(Br)c(OC)c1OC. The first kappa shape index (κ1) is 24.9. The Morgan fingerprint density at radius 1 is 0.914 bits per heavy atom. The first-order valence-electron chi connectivity index (χ1n) is 10.0. The fourth-order valence-electron chi connectivity index (χ4n) is 3.50. The molecule has 4 aromatic rings. The summed E-state index contributed by atoms with van der Waals surface area (Å²) < 4.78 is 27.5. The summed E-state index contributed by atoms with van der Waals surface area (Å²) in [5.41, 5.74) is 0.868. The Hall–Kier alpha value is -3.20. The fraction of sp³-hybridized carbons (Fsp3) is 0.120. The molecular weight excluding hydrogens is 563 g/mol. The van der Waals surface area contributed by atoms with Crippen LogP contribution in [0.4, 0.5) is 0 Å². The molecule has 0 aliphatic heterocycles. The van der Waals surface area contributed by atoms with Crippen LogP contribution in [0.2, 0.25) is 10.0 Å². The smallest absolute Gasteiger partial charge is 0.344 e. The predicted octanol–water partition coefficient (Wildman–Crippen LogP) is 6.77. The summed E-state index contributed by atoms with van der Waals surface area (Å²) in [5.74, 6) is 0.363. The van der Waals surface area contributed by atoms with Crippen LogP contribution in [-0.4, -0.2) is 27.3 Å². The Morgan fingerprint density at radius 2 is 1.66 bits per heavy atom. The first-order valence-corrected chi connectivity index (χ1v) is 11.6. The summed E-state index contributed by atoms with van der Waals surface area (Å²) in [7, 11) is 4.34. The third-order valence-corrected chi connectivity index (χ3v) is 6.50. The van der Waals surface area contributed by atoms with Gasteiger partial charge in [-0.15, -0.1) is 0 Å². The van der Waals surface area contributed by atoms with Crippen molar-refractivity contribution in [1.82, 2.24) is 0 Å². The lowest BCUT2D eigenvalue weighted by Crippen LogP contribution is -2.11. The number of rotatable bonds is 6. The van der Waals surface area contributed by atoms with E-state index in [1.165, 1.54) is 51.9 Å². The highest BCUT2D eigenvalue weighted by Gasteiger charge is 2.24. The number of carbonyl (C=O) groups is 1. The van der Waals surface area contributed by atoms with E-state index in [9.17, 15) is 9.59 Å². The van der Waals surface area contributed by atoms with Crippen molar-refractivity contribution in [2.24, 2.45) is 0 Å². The van der Waals surface area contributed by atoms with E-state index in [0.717, 1.165) is 0 Å². The van der Waals surface area contributed by atoms with Crippen LogP contribution in [-0.2, 0) is 0 Å². The molecule has 0 bridgehead atoms. The second-order valence-corrected chi connectivity index (χ2v) is 8.79. The normalized spacial score (nSPS) is 10.8. The van der Waals surface area contributed by atoms with Crippen molar-refractivity contribution in [2.75, 3.05) is 21.3 Å². The molecule has 10 heteroatoms. The van der Waals surface area contributed by atoms with Gasteiger partial charge in [0.15, 0.2) is 11.5 Å². The largest absolute Gasteiger partial charge is 0.493 e. The van der Waals surface area contributed by atoms with Gasteiger partial charge in [-0.3, -0.25) is 4.79 Å². The van der Waals surface area contributed by atoms with Crippen molar-refractivity contribution in [3.05, 3.63) is 79.0 Å². The number of methoxy groups -OCH3 is 3. The zero-order chi connectivity index (χ0) is 25.3. The van der Waals surface area contributed by atoms with Gasteiger partial charge in [-0.2, -0.15) is 0 Å². The number of esters is 1. The highest BCUT2D eigenvalue weighted by molar-refractivity contribution is 9.10. The number of hydrogen-bond donors (Lipinski definition) is 0. The zero-order valence-corrected chi connectivity index (χ0v) is 21.7. The van der Waals surface area contributed by atoms with Gasteiger partial charge in [0.1, 0.15) is 17.6 Å². The van der Waals surface area contributed by atoms with Crippen molar-refractivity contribution in [3.63, 3.8) is 0 Å². The molecule has 0 radical (unpaired) electrons. The lowest BCUT2D eigenvalue weighted by molar-refractivity contribution is 0.0733. The molecule has 0 aliphatic carbocycles. The maximum atomic E-state index is 13.1. The molecule has 0 saturated heterocycles. The average molecular weight is 580 g/mol. The molecule has 0 aliphatic rings. The van der Waals surface area contributed by atoms with Gasteiger partial charge < -0.3 is 23.4 Å². The number of carbonyl (C=O) groups excluding carboxylic acids is 1. The zero-order valence-electron chi connectivity index (χ0n) is 18.6. The lowest BCUT2D eigenvalue weighted by Gasteiger charge is -2.16. The van der Waals surface area contributed by atoms with Crippen LogP contribution in [0.15, 0.2) is 62.4 Å². The highest BCUT2D eigenvalue weighted by Crippen LogP contribution is 2.45. The molecular formula is C25H17BrCl2O7. The average Bonchev–Trinajstić information content (AvgIpc) is 2.84. The Labute approximate surface area is 218 Å². The molecule has 3 aromatic carbocycles.